The van der Waals surface area contributed by atoms with Gasteiger partial charge in [-0.25, -0.2) is 0 Å². The van der Waals surface area contributed by atoms with E-state index in [4.69, 9.17) is 23.2 Å². The van der Waals surface area contributed by atoms with E-state index in [1.165, 1.54) is 4.90 Å². The van der Waals surface area contributed by atoms with Crippen molar-refractivity contribution in [3.63, 3.8) is 0 Å². The second kappa shape index (κ2) is 7.99. The molecule has 2 aromatic carbocycles. The average molecular weight is 351 g/mol. The van der Waals surface area contributed by atoms with Crippen molar-refractivity contribution in [2.75, 3.05) is 18.9 Å². The lowest BCUT2D eigenvalue weighted by atomic mass is 10.1. The predicted octanol–water partition coefficient (Wildman–Crippen LogP) is 3.63. The summed E-state index contributed by atoms with van der Waals surface area (Å²) in [5.74, 6) is -0.405. The standard InChI is InChI=1S/C17H16Cl2N2O2/c1-21(17(23)10-12-2-4-13(18)5-3-12)11-16(22)20-15-8-6-14(19)7-9-15/h2-9H,10-11H2,1H3,(H,20,22). The van der Waals surface area contributed by atoms with Crippen LogP contribution in [0.25, 0.3) is 0 Å². The molecule has 0 aliphatic heterocycles. The molecule has 0 unspecified atom stereocenters. The number of nitrogens with one attached hydrogen (secondary N) is 1. The summed E-state index contributed by atoms with van der Waals surface area (Å²) >= 11 is 11.6. The van der Waals surface area contributed by atoms with Crippen molar-refractivity contribution < 1.29 is 9.59 Å². The summed E-state index contributed by atoms with van der Waals surface area (Å²) in [6.45, 7) is -0.0188. The Labute approximate surface area is 145 Å². The highest BCUT2D eigenvalue weighted by atomic mass is 35.5. The summed E-state index contributed by atoms with van der Waals surface area (Å²) in [6.07, 6.45) is 0.224. The van der Waals surface area contributed by atoms with Crippen LogP contribution in [-0.4, -0.2) is 30.3 Å². The lowest BCUT2D eigenvalue weighted by Crippen LogP contribution is -2.35. The van der Waals surface area contributed by atoms with E-state index < -0.39 is 0 Å². The van der Waals surface area contributed by atoms with Crippen LogP contribution in [0, 0.1) is 0 Å². The number of carbonyl (C=O) groups excluding carboxylic acids is 2. The molecule has 2 rings (SSSR count). The Bertz CT molecular complexity index is 685. The molecule has 2 aromatic rings. The Morgan fingerprint density at radius 3 is 2.04 bits per heavy atom. The molecule has 0 saturated heterocycles. The molecular formula is C17H16Cl2N2O2. The van der Waals surface area contributed by atoms with Gasteiger partial charge >= 0.3 is 0 Å². The molecule has 23 heavy (non-hydrogen) atoms. The number of amides is 2. The van der Waals surface area contributed by atoms with Gasteiger partial charge in [-0.2, -0.15) is 0 Å². The highest BCUT2D eigenvalue weighted by molar-refractivity contribution is 6.30. The van der Waals surface area contributed by atoms with Crippen LogP contribution in [0.3, 0.4) is 0 Å². The maximum atomic E-state index is 12.1. The Morgan fingerprint density at radius 2 is 1.48 bits per heavy atom. The van der Waals surface area contributed by atoms with Gasteiger partial charge in [-0.3, -0.25) is 9.59 Å². The third-order valence-corrected chi connectivity index (χ3v) is 3.71. The van der Waals surface area contributed by atoms with E-state index in [1.54, 1.807) is 55.6 Å². The number of halogens is 2. The topological polar surface area (TPSA) is 49.4 Å². The van der Waals surface area contributed by atoms with Crippen LogP contribution < -0.4 is 5.32 Å². The van der Waals surface area contributed by atoms with E-state index in [2.05, 4.69) is 5.32 Å². The number of anilines is 1. The maximum Gasteiger partial charge on any atom is 0.243 e. The van der Waals surface area contributed by atoms with Crippen molar-refractivity contribution >= 4 is 40.7 Å². The number of nitrogens with zero attached hydrogens (tertiary/aromatic N) is 1. The van der Waals surface area contributed by atoms with E-state index in [1.807, 2.05) is 0 Å². The zero-order chi connectivity index (χ0) is 16.8. The first kappa shape index (κ1) is 17.3. The van der Waals surface area contributed by atoms with Gasteiger partial charge in [0, 0.05) is 22.8 Å². The van der Waals surface area contributed by atoms with Crippen LogP contribution >= 0.6 is 23.2 Å². The zero-order valence-electron chi connectivity index (χ0n) is 12.6. The first-order valence-electron chi connectivity index (χ1n) is 6.98. The minimum Gasteiger partial charge on any atom is -0.336 e. The number of rotatable bonds is 5. The lowest BCUT2D eigenvalue weighted by Gasteiger charge is -2.17. The Kier molecular flexibility index (Phi) is 6.02. The number of benzene rings is 2. The molecule has 6 heteroatoms. The van der Waals surface area contributed by atoms with Crippen LogP contribution in [0.1, 0.15) is 5.56 Å². The summed E-state index contributed by atoms with van der Waals surface area (Å²) in [6, 6.07) is 13.8. The molecule has 0 radical (unpaired) electrons. The van der Waals surface area contributed by atoms with Crippen molar-refractivity contribution in [1.82, 2.24) is 4.90 Å². The smallest absolute Gasteiger partial charge is 0.243 e. The molecule has 0 aromatic heterocycles. The lowest BCUT2D eigenvalue weighted by molar-refractivity contribution is -0.132. The van der Waals surface area contributed by atoms with Gasteiger partial charge in [0.1, 0.15) is 0 Å². The Balaban J connectivity index is 1.86. The normalized spacial score (nSPS) is 10.2. The van der Waals surface area contributed by atoms with Crippen molar-refractivity contribution in [2.45, 2.75) is 6.42 Å². The Hall–Kier alpha value is -2.04. The molecule has 120 valence electrons. The van der Waals surface area contributed by atoms with Crippen molar-refractivity contribution in [3.8, 4) is 0 Å². The maximum absolute atomic E-state index is 12.1. The second-order valence-corrected chi connectivity index (χ2v) is 5.98. The molecule has 0 atom stereocenters. The van der Waals surface area contributed by atoms with Gasteiger partial charge < -0.3 is 10.2 Å². The fourth-order valence-electron chi connectivity index (χ4n) is 1.95. The predicted molar refractivity (Wildman–Crippen MR) is 92.9 cm³/mol. The first-order valence-corrected chi connectivity index (χ1v) is 7.73. The molecule has 4 nitrogen and oxygen atoms in total. The van der Waals surface area contributed by atoms with Crippen molar-refractivity contribution in [3.05, 3.63) is 64.1 Å². The van der Waals surface area contributed by atoms with Gasteiger partial charge in [0.05, 0.1) is 13.0 Å². The van der Waals surface area contributed by atoms with E-state index in [0.29, 0.717) is 15.7 Å². The molecule has 0 bridgehead atoms. The van der Waals surface area contributed by atoms with Crippen LogP contribution in [0.2, 0.25) is 10.0 Å². The fourth-order valence-corrected chi connectivity index (χ4v) is 2.20. The molecule has 2 amide bonds. The fraction of sp³-hybridized carbons (Fsp3) is 0.176. The van der Waals surface area contributed by atoms with Gasteiger partial charge in [-0.05, 0) is 42.0 Å². The highest BCUT2D eigenvalue weighted by Crippen LogP contribution is 2.13. The molecule has 0 aliphatic rings. The molecular weight excluding hydrogens is 335 g/mol. The number of hydrogen-bond acceptors (Lipinski definition) is 2. The summed E-state index contributed by atoms with van der Waals surface area (Å²) in [7, 11) is 1.60. The van der Waals surface area contributed by atoms with E-state index in [9.17, 15) is 9.59 Å². The van der Waals surface area contributed by atoms with Crippen molar-refractivity contribution in [1.29, 1.82) is 0 Å². The zero-order valence-corrected chi connectivity index (χ0v) is 14.1. The molecule has 0 fully saturated rings. The third-order valence-electron chi connectivity index (χ3n) is 3.20. The summed E-state index contributed by atoms with van der Waals surface area (Å²) in [5, 5.41) is 3.94. The Morgan fingerprint density at radius 1 is 0.957 bits per heavy atom. The summed E-state index contributed by atoms with van der Waals surface area (Å²) in [5.41, 5.74) is 1.49. The van der Waals surface area contributed by atoms with Gasteiger partial charge in [0.25, 0.3) is 0 Å². The van der Waals surface area contributed by atoms with Crippen LogP contribution in [-0.2, 0) is 16.0 Å². The van der Waals surface area contributed by atoms with Gasteiger partial charge in [-0.1, -0.05) is 35.3 Å². The van der Waals surface area contributed by atoms with E-state index in [0.717, 1.165) is 5.56 Å². The molecule has 0 spiro atoms. The third kappa shape index (κ3) is 5.58. The molecule has 0 heterocycles. The van der Waals surface area contributed by atoms with Crippen molar-refractivity contribution in [2.24, 2.45) is 0 Å². The first-order chi connectivity index (χ1) is 10.9. The monoisotopic (exact) mass is 350 g/mol. The molecule has 1 N–H and O–H groups in total. The minimum atomic E-state index is -0.265. The number of carbonyl (C=O) groups is 2. The quantitative estimate of drug-likeness (QED) is 0.894. The van der Waals surface area contributed by atoms with Gasteiger partial charge in [-0.15, -0.1) is 0 Å². The van der Waals surface area contributed by atoms with Crippen LogP contribution in [0.15, 0.2) is 48.5 Å². The average Bonchev–Trinajstić information content (AvgIpc) is 2.51. The number of hydrogen-bond donors (Lipinski definition) is 1. The van der Waals surface area contributed by atoms with Crippen LogP contribution in [0.4, 0.5) is 5.69 Å². The van der Waals surface area contributed by atoms with Crippen LogP contribution in [0.5, 0.6) is 0 Å². The van der Waals surface area contributed by atoms with Gasteiger partial charge in [0.15, 0.2) is 0 Å². The molecule has 0 aliphatic carbocycles. The largest absolute Gasteiger partial charge is 0.336 e. The summed E-state index contributed by atoms with van der Waals surface area (Å²) in [4.78, 5) is 25.5. The minimum absolute atomic E-state index is 0.0188. The van der Waals surface area contributed by atoms with Gasteiger partial charge in [0.2, 0.25) is 11.8 Å². The molecule has 0 saturated carbocycles. The van der Waals surface area contributed by atoms with E-state index in [-0.39, 0.29) is 24.8 Å². The number of likely N-dealkylation sites (N-methyl/N-ethyl adjacent to an activating group) is 1. The van der Waals surface area contributed by atoms with E-state index >= 15 is 0 Å². The summed E-state index contributed by atoms with van der Waals surface area (Å²) < 4.78 is 0. The second-order valence-electron chi connectivity index (χ2n) is 5.11. The SMILES string of the molecule is CN(CC(=O)Nc1ccc(Cl)cc1)C(=O)Cc1ccc(Cl)cc1. The highest BCUT2D eigenvalue weighted by Gasteiger charge is 2.13.